The molecule has 0 saturated heterocycles. The van der Waals surface area contributed by atoms with E-state index in [1.807, 2.05) is 25.2 Å². The minimum Gasteiger partial charge on any atom is -0.496 e. The van der Waals surface area contributed by atoms with E-state index in [4.69, 9.17) is 10.5 Å². The van der Waals surface area contributed by atoms with Gasteiger partial charge >= 0.3 is 5.97 Å². The lowest BCUT2D eigenvalue weighted by molar-refractivity contribution is -0.140. The number of hydrogen-bond acceptors (Lipinski definition) is 5. The fraction of sp³-hybridized carbons (Fsp3) is 0.500. The third-order valence-electron chi connectivity index (χ3n) is 2.94. The fourth-order valence-corrected chi connectivity index (χ4v) is 1.86. The molecule has 2 N–H and O–H groups in total. The number of rotatable bonds is 7. The third-order valence-corrected chi connectivity index (χ3v) is 2.94. The van der Waals surface area contributed by atoms with Crippen molar-refractivity contribution in [2.45, 2.75) is 19.5 Å². The van der Waals surface area contributed by atoms with Gasteiger partial charge in [0.25, 0.3) is 0 Å². The molecule has 0 unspecified atom stereocenters. The van der Waals surface area contributed by atoms with Crippen molar-refractivity contribution in [1.29, 1.82) is 0 Å². The number of methoxy groups -OCH3 is 2. The number of carbonyl (C=O) groups excluding carboxylic acids is 1. The van der Waals surface area contributed by atoms with Crippen LogP contribution < -0.4 is 10.5 Å². The molecule has 0 saturated carbocycles. The molecule has 106 valence electrons. The van der Waals surface area contributed by atoms with Crippen LogP contribution in [0.25, 0.3) is 0 Å². The van der Waals surface area contributed by atoms with Gasteiger partial charge in [-0.3, -0.25) is 4.79 Å². The van der Waals surface area contributed by atoms with Crippen LogP contribution in [0.2, 0.25) is 0 Å². The van der Waals surface area contributed by atoms with Gasteiger partial charge < -0.3 is 20.1 Å². The summed E-state index contributed by atoms with van der Waals surface area (Å²) in [5.41, 5.74) is 7.82. The molecule has 5 heteroatoms. The fourth-order valence-electron chi connectivity index (χ4n) is 1.86. The highest BCUT2D eigenvalue weighted by Gasteiger charge is 2.07. The van der Waals surface area contributed by atoms with Crippen molar-refractivity contribution in [2.75, 3.05) is 27.8 Å². The number of hydrogen-bond donors (Lipinski definition) is 1. The normalized spacial score (nSPS) is 10.6. The Balaban J connectivity index is 2.59. The van der Waals surface area contributed by atoms with Gasteiger partial charge in [-0.15, -0.1) is 0 Å². The SMILES string of the molecule is COC(=O)CCN(C)Cc1ccc(OC)c(CN)c1. The van der Waals surface area contributed by atoms with Crippen LogP contribution in [-0.2, 0) is 22.6 Å². The number of nitrogens with two attached hydrogens (primary N) is 1. The highest BCUT2D eigenvalue weighted by molar-refractivity contribution is 5.69. The summed E-state index contributed by atoms with van der Waals surface area (Å²) in [5.74, 6) is 0.618. The molecule has 0 radical (unpaired) electrons. The standard InChI is InChI=1S/C14H22N2O3/c1-16(7-6-14(17)19-3)10-11-4-5-13(18-2)12(8-11)9-15/h4-5,8H,6-7,9-10,15H2,1-3H3. The Kier molecular flexibility index (Phi) is 6.32. The molecule has 0 heterocycles. The molecule has 19 heavy (non-hydrogen) atoms. The Morgan fingerprint density at radius 2 is 2.11 bits per heavy atom. The van der Waals surface area contributed by atoms with E-state index in [1.165, 1.54) is 7.11 Å². The highest BCUT2D eigenvalue weighted by Crippen LogP contribution is 2.20. The van der Waals surface area contributed by atoms with E-state index in [9.17, 15) is 4.79 Å². The van der Waals surface area contributed by atoms with Gasteiger partial charge in [0.1, 0.15) is 5.75 Å². The topological polar surface area (TPSA) is 64.8 Å². The summed E-state index contributed by atoms with van der Waals surface area (Å²) in [4.78, 5) is 13.1. The Morgan fingerprint density at radius 3 is 2.68 bits per heavy atom. The Bertz CT molecular complexity index is 421. The van der Waals surface area contributed by atoms with Crippen LogP contribution in [0.5, 0.6) is 5.75 Å². The third kappa shape index (κ3) is 4.89. The van der Waals surface area contributed by atoms with Gasteiger partial charge in [-0.25, -0.2) is 0 Å². The van der Waals surface area contributed by atoms with Gasteiger partial charge in [-0.2, -0.15) is 0 Å². The molecule has 1 rings (SSSR count). The number of carbonyl (C=O) groups is 1. The molecular formula is C14H22N2O3. The van der Waals surface area contributed by atoms with E-state index in [-0.39, 0.29) is 5.97 Å². The Hall–Kier alpha value is -1.59. The first-order valence-corrected chi connectivity index (χ1v) is 6.22. The lowest BCUT2D eigenvalue weighted by atomic mass is 10.1. The van der Waals surface area contributed by atoms with Crippen molar-refractivity contribution >= 4 is 5.97 Å². The van der Waals surface area contributed by atoms with Crippen LogP contribution in [0.1, 0.15) is 17.5 Å². The maximum atomic E-state index is 11.1. The van der Waals surface area contributed by atoms with Gasteiger partial charge in [-0.05, 0) is 24.7 Å². The molecule has 5 nitrogen and oxygen atoms in total. The molecule has 0 aliphatic carbocycles. The predicted molar refractivity (Wildman–Crippen MR) is 73.9 cm³/mol. The average Bonchev–Trinajstić information content (AvgIpc) is 2.44. The second kappa shape index (κ2) is 7.76. The summed E-state index contributed by atoms with van der Waals surface area (Å²) >= 11 is 0. The van der Waals surface area contributed by atoms with Gasteiger partial charge in [0.15, 0.2) is 0 Å². The summed E-state index contributed by atoms with van der Waals surface area (Å²) in [6.45, 7) is 1.87. The van der Waals surface area contributed by atoms with Crippen LogP contribution >= 0.6 is 0 Å². The van der Waals surface area contributed by atoms with E-state index in [1.54, 1.807) is 7.11 Å². The molecular weight excluding hydrogens is 244 g/mol. The van der Waals surface area contributed by atoms with Crippen molar-refractivity contribution < 1.29 is 14.3 Å². The second-order valence-electron chi connectivity index (χ2n) is 4.41. The number of benzene rings is 1. The molecule has 0 aliphatic rings. The van der Waals surface area contributed by atoms with Crippen molar-refractivity contribution in [3.8, 4) is 5.75 Å². The molecule has 1 aromatic rings. The number of ether oxygens (including phenoxy) is 2. The largest absolute Gasteiger partial charge is 0.496 e. The van der Waals surface area contributed by atoms with Crippen molar-refractivity contribution in [2.24, 2.45) is 5.73 Å². The first kappa shape index (κ1) is 15.5. The summed E-state index contributed by atoms with van der Waals surface area (Å²) < 4.78 is 9.85. The maximum absolute atomic E-state index is 11.1. The van der Waals surface area contributed by atoms with Gasteiger partial charge in [0.2, 0.25) is 0 Å². The van der Waals surface area contributed by atoms with E-state index in [2.05, 4.69) is 9.64 Å². The van der Waals surface area contributed by atoms with Crippen LogP contribution in [0, 0.1) is 0 Å². The van der Waals surface area contributed by atoms with E-state index in [0.29, 0.717) is 19.5 Å². The zero-order chi connectivity index (χ0) is 14.3. The molecule has 0 atom stereocenters. The Morgan fingerprint density at radius 1 is 1.37 bits per heavy atom. The monoisotopic (exact) mass is 266 g/mol. The smallest absolute Gasteiger partial charge is 0.306 e. The van der Waals surface area contributed by atoms with Crippen LogP contribution in [-0.4, -0.2) is 38.7 Å². The summed E-state index contributed by atoms with van der Waals surface area (Å²) in [6, 6.07) is 5.96. The molecule has 0 spiro atoms. The molecule has 0 fully saturated rings. The van der Waals surface area contributed by atoms with Crippen molar-refractivity contribution in [3.05, 3.63) is 29.3 Å². The number of esters is 1. The quantitative estimate of drug-likeness (QED) is 0.750. The first-order valence-electron chi connectivity index (χ1n) is 6.22. The van der Waals surface area contributed by atoms with Gasteiger partial charge in [-0.1, -0.05) is 6.07 Å². The van der Waals surface area contributed by atoms with Crippen LogP contribution in [0.4, 0.5) is 0 Å². The van der Waals surface area contributed by atoms with Crippen LogP contribution in [0.3, 0.4) is 0 Å². The van der Waals surface area contributed by atoms with Gasteiger partial charge in [0.05, 0.1) is 20.6 Å². The van der Waals surface area contributed by atoms with E-state index < -0.39 is 0 Å². The zero-order valence-electron chi connectivity index (χ0n) is 11.8. The number of nitrogens with zero attached hydrogens (tertiary/aromatic N) is 1. The molecule has 0 aliphatic heterocycles. The first-order chi connectivity index (χ1) is 9.10. The summed E-state index contributed by atoms with van der Waals surface area (Å²) in [7, 11) is 5.01. The lowest BCUT2D eigenvalue weighted by Crippen LogP contribution is -2.22. The summed E-state index contributed by atoms with van der Waals surface area (Å²) in [6.07, 6.45) is 0.396. The van der Waals surface area contributed by atoms with Crippen molar-refractivity contribution in [3.63, 3.8) is 0 Å². The minimum absolute atomic E-state index is 0.191. The molecule has 1 aromatic carbocycles. The van der Waals surface area contributed by atoms with Crippen LogP contribution in [0.15, 0.2) is 18.2 Å². The lowest BCUT2D eigenvalue weighted by Gasteiger charge is -2.17. The van der Waals surface area contributed by atoms with E-state index >= 15 is 0 Å². The highest BCUT2D eigenvalue weighted by atomic mass is 16.5. The molecule has 0 bridgehead atoms. The summed E-state index contributed by atoms with van der Waals surface area (Å²) in [5, 5.41) is 0. The maximum Gasteiger partial charge on any atom is 0.306 e. The average molecular weight is 266 g/mol. The zero-order valence-corrected chi connectivity index (χ0v) is 11.8. The molecule has 0 aromatic heterocycles. The minimum atomic E-state index is -0.191. The predicted octanol–water partition coefficient (Wildman–Crippen LogP) is 1.15. The van der Waals surface area contributed by atoms with E-state index in [0.717, 1.165) is 23.4 Å². The van der Waals surface area contributed by atoms with Crippen molar-refractivity contribution in [1.82, 2.24) is 4.90 Å². The Labute approximate surface area is 114 Å². The van der Waals surface area contributed by atoms with Gasteiger partial charge in [0, 0.05) is 25.2 Å². The molecule has 0 amide bonds. The second-order valence-corrected chi connectivity index (χ2v) is 4.41.